The number of carboxylic acids is 1. The van der Waals surface area contributed by atoms with Crippen LogP contribution >= 0.6 is 0 Å². The number of benzene rings is 1. The van der Waals surface area contributed by atoms with E-state index < -0.39 is 5.97 Å². The Morgan fingerprint density at radius 2 is 2.18 bits per heavy atom. The third-order valence-corrected chi connectivity index (χ3v) is 6.21. The van der Waals surface area contributed by atoms with Crippen molar-refractivity contribution in [2.75, 3.05) is 6.54 Å². The Balaban J connectivity index is 1.37. The minimum atomic E-state index is -0.712. The monoisotopic (exact) mass is 387 g/mol. The van der Waals surface area contributed by atoms with Gasteiger partial charge in [-0.3, -0.25) is 9.69 Å². The number of aromatic nitrogens is 2. The lowest BCUT2D eigenvalue weighted by molar-refractivity contribution is -0.142. The Morgan fingerprint density at radius 3 is 2.96 bits per heavy atom. The van der Waals surface area contributed by atoms with Crippen molar-refractivity contribution in [3.05, 3.63) is 35.5 Å². The second-order valence-corrected chi connectivity index (χ2v) is 8.02. The first kappa shape index (κ1) is 19.1. The van der Waals surface area contributed by atoms with Crippen molar-refractivity contribution in [2.45, 2.75) is 64.0 Å². The van der Waals surface area contributed by atoms with Crippen LogP contribution in [0.25, 0.3) is 11.4 Å². The van der Waals surface area contributed by atoms with Crippen molar-refractivity contribution in [1.82, 2.24) is 15.0 Å². The van der Waals surface area contributed by atoms with Crippen molar-refractivity contribution < 1.29 is 18.8 Å². The predicted molar refractivity (Wildman–Crippen MR) is 101 cm³/mol. The number of hydrogen-bond acceptors (Lipinski definition) is 5. The molecule has 150 valence electrons. The molecule has 1 aromatic heterocycles. The standard InChI is InChI=1S/C21H26FN3O3/c1-13-8-9-15(11-16(13)22)20-23-19(28-24-20)7-4-10-25-17-6-3-2-5-14(17)12-18(25)21(26)27/h8-9,11,14,17-18H,2-7,10,12H2,1H3,(H,26,27). The molecule has 0 radical (unpaired) electrons. The average Bonchev–Trinajstić information content (AvgIpc) is 3.29. The van der Waals surface area contributed by atoms with E-state index in [1.165, 1.54) is 18.9 Å². The molecule has 1 N–H and O–H groups in total. The summed E-state index contributed by atoms with van der Waals surface area (Å²) in [4.78, 5) is 18.2. The number of carboxylic acid groups (broad SMARTS) is 1. The maximum Gasteiger partial charge on any atom is 0.320 e. The third kappa shape index (κ3) is 3.81. The summed E-state index contributed by atoms with van der Waals surface area (Å²) in [6.45, 7) is 2.43. The van der Waals surface area contributed by atoms with E-state index in [1.54, 1.807) is 19.1 Å². The normalized spacial score (nSPS) is 25.0. The minimum absolute atomic E-state index is 0.292. The van der Waals surface area contributed by atoms with Gasteiger partial charge in [0.1, 0.15) is 11.9 Å². The first-order valence-electron chi connectivity index (χ1n) is 10.1. The second kappa shape index (κ2) is 7.99. The van der Waals surface area contributed by atoms with Crippen LogP contribution in [0.4, 0.5) is 4.39 Å². The maximum absolute atomic E-state index is 13.7. The summed E-state index contributed by atoms with van der Waals surface area (Å²) in [6.07, 6.45) is 6.75. The van der Waals surface area contributed by atoms with Crippen LogP contribution in [0.15, 0.2) is 22.7 Å². The number of rotatable bonds is 6. The molecule has 1 saturated heterocycles. The molecule has 0 amide bonds. The second-order valence-electron chi connectivity index (χ2n) is 8.02. The molecule has 28 heavy (non-hydrogen) atoms. The molecule has 1 aromatic carbocycles. The summed E-state index contributed by atoms with van der Waals surface area (Å²) < 4.78 is 19.1. The SMILES string of the molecule is Cc1ccc(-c2noc(CCCN3C(C(=O)O)CC4CCCCC43)n2)cc1F. The third-order valence-electron chi connectivity index (χ3n) is 6.21. The molecule has 3 atom stereocenters. The van der Waals surface area contributed by atoms with Crippen molar-refractivity contribution in [3.63, 3.8) is 0 Å². The van der Waals surface area contributed by atoms with E-state index in [-0.39, 0.29) is 11.9 Å². The summed E-state index contributed by atoms with van der Waals surface area (Å²) in [5, 5.41) is 13.6. The zero-order valence-corrected chi connectivity index (χ0v) is 16.1. The van der Waals surface area contributed by atoms with Gasteiger partial charge in [-0.05, 0) is 56.7 Å². The first-order chi connectivity index (χ1) is 13.5. The molecule has 2 aromatic rings. The van der Waals surface area contributed by atoms with Crippen LogP contribution in [-0.2, 0) is 11.2 Å². The zero-order valence-electron chi connectivity index (χ0n) is 16.1. The number of halogens is 1. The molecule has 0 bridgehead atoms. The highest BCUT2D eigenvalue weighted by Crippen LogP contribution is 2.39. The Morgan fingerprint density at radius 1 is 1.36 bits per heavy atom. The topological polar surface area (TPSA) is 79.5 Å². The van der Waals surface area contributed by atoms with Gasteiger partial charge >= 0.3 is 5.97 Å². The molecule has 1 aliphatic carbocycles. The van der Waals surface area contributed by atoms with E-state index in [2.05, 4.69) is 15.0 Å². The van der Waals surface area contributed by atoms with E-state index in [0.717, 1.165) is 32.2 Å². The predicted octanol–water partition coefficient (Wildman–Crippen LogP) is 3.83. The van der Waals surface area contributed by atoms with Gasteiger partial charge < -0.3 is 9.63 Å². The van der Waals surface area contributed by atoms with Crippen molar-refractivity contribution in [2.24, 2.45) is 5.92 Å². The Bertz CT molecular complexity index is 853. The van der Waals surface area contributed by atoms with Gasteiger partial charge in [0.25, 0.3) is 0 Å². The van der Waals surface area contributed by atoms with Gasteiger partial charge in [0.2, 0.25) is 11.7 Å². The van der Waals surface area contributed by atoms with Crippen LogP contribution in [0.1, 0.15) is 50.0 Å². The molecule has 2 heterocycles. The minimum Gasteiger partial charge on any atom is -0.480 e. The lowest BCUT2D eigenvalue weighted by Gasteiger charge is -2.32. The van der Waals surface area contributed by atoms with Gasteiger partial charge in [0.05, 0.1) is 0 Å². The van der Waals surface area contributed by atoms with Crippen LogP contribution in [0.3, 0.4) is 0 Å². The van der Waals surface area contributed by atoms with Crippen molar-refractivity contribution in [1.29, 1.82) is 0 Å². The number of likely N-dealkylation sites (tertiary alicyclic amines) is 1. The maximum atomic E-state index is 13.7. The zero-order chi connectivity index (χ0) is 19.7. The Labute approximate surface area is 163 Å². The molecular formula is C21H26FN3O3. The van der Waals surface area contributed by atoms with Crippen LogP contribution in [0.5, 0.6) is 0 Å². The molecule has 2 fully saturated rings. The molecule has 1 saturated carbocycles. The lowest BCUT2D eigenvalue weighted by atomic mass is 9.85. The number of nitrogens with zero attached hydrogens (tertiary/aromatic N) is 3. The van der Waals surface area contributed by atoms with Crippen LogP contribution in [0.2, 0.25) is 0 Å². The fourth-order valence-electron chi connectivity index (χ4n) is 4.74. The van der Waals surface area contributed by atoms with E-state index in [9.17, 15) is 14.3 Å². The summed E-state index contributed by atoms with van der Waals surface area (Å²) in [7, 11) is 0. The molecule has 6 nitrogen and oxygen atoms in total. The van der Waals surface area contributed by atoms with Gasteiger partial charge in [0, 0.05) is 18.0 Å². The van der Waals surface area contributed by atoms with E-state index in [1.807, 2.05) is 0 Å². The summed E-state index contributed by atoms with van der Waals surface area (Å²) in [5.41, 5.74) is 1.17. The molecule has 3 unspecified atom stereocenters. The summed E-state index contributed by atoms with van der Waals surface area (Å²) >= 11 is 0. The molecular weight excluding hydrogens is 361 g/mol. The molecule has 2 aliphatic rings. The number of aryl methyl sites for hydroxylation is 2. The largest absolute Gasteiger partial charge is 0.480 e. The number of carbonyl (C=O) groups is 1. The van der Waals surface area contributed by atoms with Crippen molar-refractivity contribution >= 4 is 5.97 Å². The van der Waals surface area contributed by atoms with Gasteiger partial charge in [0.15, 0.2) is 0 Å². The van der Waals surface area contributed by atoms with E-state index >= 15 is 0 Å². The quantitative estimate of drug-likeness (QED) is 0.811. The molecule has 1 aliphatic heterocycles. The fraction of sp³-hybridized carbons (Fsp3) is 0.571. The number of fused-ring (bicyclic) bond motifs is 1. The fourth-order valence-corrected chi connectivity index (χ4v) is 4.74. The van der Waals surface area contributed by atoms with Gasteiger partial charge in [-0.25, -0.2) is 4.39 Å². The smallest absolute Gasteiger partial charge is 0.320 e. The highest BCUT2D eigenvalue weighted by molar-refractivity contribution is 5.74. The van der Waals surface area contributed by atoms with Gasteiger partial charge in [-0.2, -0.15) is 4.98 Å². The number of aliphatic carboxylic acids is 1. The summed E-state index contributed by atoms with van der Waals surface area (Å²) in [6, 6.07) is 4.90. The Kier molecular flexibility index (Phi) is 5.44. The van der Waals surface area contributed by atoms with E-state index in [0.29, 0.717) is 41.2 Å². The van der Waals surface area contributed by atoms with Gasteiger partial charge in [-0.1, -0.05) is 30.1 Å². The van der Waals surface area contributed by atoms with Crippen molar-refractivity contribution in [3.8, 4) is 11.4 Å². The van der Waals surface area contributed by atoms with Crippen LogP contribution in [-0.4, -0.2) is 44.7 Å². The summed E-state index contributed by atoms with van der Waals surface area (Å²) in [5.74, 6) is 0.393. The molecule has 4 rings (SSSR count). The number of hydrogen-bond donors (Lipinski definition) is 1. The highest BCUT2D eigenvalue weighted by Gasteiger charge is 2.44. The van der Waals surface area contributed by atoms with Gasteiger partial charge in [-0.15, -0.1) is 0 Å². The Hall–Kier alpha value is -2.28. The molecule has 7 heteroatoms. The first-order valence-corrected chi connectivity index (χ1v) is 10.1. The van der Waals surface area contributed by atoms with Crippen LogP contribution in [0, 0.1) is 18.7 Å². The molecule has 0 spiro atoms. The van der Waals surface area contributed by atoms with E-state index in [4.69, 9.17) is 4.52 Å². The lowest BCUT2D eigenvalue weighted by Crippen LogP contribution is -2.42. The van der Waals surface area contributed by atoms with Crippen LogP contribution < -0.4 is 0 Å². The highest BCUT2D eigenvalue weighted by atomic mass is 19.1. The average molecular weight is 387 g/mol.